The second-order valence-electron chi connectivity index (χ2n) is 7.51. The average molecular weight is 346 g/mol. The summed E-state index contributed by atoms with van der Waals surface area (Å²) in [5.74, 6) is 0.120. The first-order valence-corrected chi connectivity index (χ1v) is 10.5. The monoisotopic (exact) mass is 345 g/mol. The molecule has 0 radical (unpaired) electrons. The lowest BCUT2D eigenvalue weighted by Gasteiger charge is -2.27. The minimum Gasteiger partial charge on any atom is -0.564 e. The molecule has 0 rings (SSSR count). The van der Waals surface area contributed by atoms with E-state index in [0.717, 1.165) is 19.3 Å². The molecule has 0 saturated heterocycles. The Hall–Kier alpha value is -0.160. The zero-order valence-corrected chi connectivity index (χ0v) is 16.3. The van der Waals surface area contributed by atoms with Crippen LogP contribution in [0, 0.1) is 11.1 Å². The van der Waals surface area contributed by atoms with Gasteiger partial charge in [-0.05, 0) is 12.8 Å². The summed E-state index contributed by atoms with van der Waals surface area (Å²) in [7, 11) is 0. The number of hydroxylamine groups is 3. The maximum atomic E-state index is 10.9. The van der Waals surface area contributed by atoms with E-state index in [1.165, 1.54) is 83.5 Å². The zero-order chi connectivity index (χ0) is 18.1. The van der Waals surface area contributed by atoms with Gasteiger partial charge < -0.3 is 5.21 Å². The van der Waals surface area contributed by atoms with E-state index in [9.17, 15) is 5.21 Å². The molecule has 1 atom stereocenters. The van der Waals surface area contributed by atoms with Crippen LogP contribution in [0.3, 0.4) is 0 Å². The molecular formula is C20H43NO3. The molecule has 4 heteroatoms. The lowest BCUT2D eigenvalue weighted by atomic mass is 9.97. The van der Waals surface area contributed by atoms with Gasteiger partial charge in [0.15, 0.2) is 0 Å². The first-order chi connectivity index (χ1) is 11.5. The Kier molecular flexibility index (Phi) is 16.2. The molecule has 0 aliphatic carbocycles. The fraction of sp³-hybridized carbons (Fsp3) is 1.00. The highest BCUT2D eigenvalue weighted by Gasteiger charge is 2.17. The van der Waals surface area contributed by atoms with E-state index >= 15 is 0 Å². The highest BCUT2D eigenvalue weighted by atomic mass is 17.1. The second-order valence-corrected chi connectivity index (χ2v) is 7.51. The molecule has 0 aromatic carbocycles. The van der Waals surface area contributed by atoms with Gasteiger partial charge in [-0.25, -0.2) is 0 Å². The van der Waals surface area contributed by atoms with Crippen molar-refractivity contribution in [3.63, 3.8) is 0 Å². The van der Waals surface area contributed by atoms with Crippen LogP contribution in [-0.4, -0.2) is 21.9 Å². The molecule has 1 unspecified atom stereocenters. The first-order valence-electron chi connectivity index (χ1n) is 10.5. The number of hydrogen-bond donors (Lipinski definition) is 2. The highest BCUT2D eigenvalue weighted by Crippen LogP contribution is 2.18. The summed E-state index contributed by atoms with van der Waals surface area (Å²) < 4.78 is 0. The molecule has 0 spiro atoms. The fourth-order valence-corrected chi connectivity index (χ4v) is 3.39. The van der Waals surface area contributed by atoms with Crippen molar-refractivity contribution >= 4 is 0 Å². The predicted molar refractivity (Wildman–Crippen MR) is 101 cm³/mol. The van der Waals surface area contributed by atoms with Crippen molar-refractivity contribution in [2.75, 3.05) is 6.54 Å². The molecule has 24 heavy (non-hydrogen) atoms. The van der Waals surface area contributed by atoms with Crippen LogP contribution >= 0.6 is 0 Å². The van der Waals surface area contributed by atoms with Crippen LogP contribution in [0.25, 0.3) is 0 Å². The number of hydrogen-bond acceptors (Lipinski definition) is 3. The van der Waals surface area contributed by atoms with Crippen LogP contribution in [0.1, 0.15) is 117 Å². The molecule has 0 amide bonds. The quantitative estimate of drug-likeness (QED) is 0.160. The Morgan fingerprint density at radius 2 is 1.04 bits per heavy atom. The molecule has 4 nitrogen and oxygen atoms in total. The van der Waals surface area contributed by atoms with Gasteiger partial charge in [0.25, 0.3) is 0 Å². The Morgan fingerprint density at radius 1 is 0.667 bits per heavy atom. The van der Waals surface area contributed by atoms with Crippen LogP contribution in [0.4, 0.5) is 0 Å². The smallest absolute Gasteiger partial charge is 0.144 e. The van der Waals surface area contributed by atoms with Crippen LogP contribution in [-0.2, 0) is 0 Å². The standard InChI is InChI=1S/C20H43NO3/c1-3-5-6-7-8-9-10-11-12-13-14-15-16-17-18-20(4-2)19-21(22,23)24/h20,22-23H,3-19H2,1-2H3. The lowest BCUT2D eigenvalue weighted by molar-refractivity contribution is -1.21. The van der Waals surface area contributed by atoms with Crippen molar-refractivity contribution < 1.29 is 15.4 Å². The minimum absolute atomic E-state index is 0.102. The molecule has 0 aromatic heterocycles. The van der Waals surface area contributed by atoms with Gasteiger partial charge in [0.2, 0.25) is 0 Å². The van der Waals surface area contributed by atoms with E-state index < -0.39 is 4.97 Å². The van der Waals surface area contributed by atoms with E-state index in [0.29, 0.717) is 0 Å². The van der Waals surface area contributed by atoms with Gasteiger partial charge in [0, 0.05) is 5.92 Å². The van der Waals surface area contributed by atoms with Gasteiger partial charge in [-0.2, -0.15) is 10.4 Å². The lowest BCUT2D eigenvalue weighted by Crippen LogP contribution is -2.38. The predicted octanol–water partition coefficient (Wildman–Crippen LogP) is 6.98. The molecule has 146 valence electrons. The Morgan fingerprint density at radius 3 is 1.38 bits per heavy atom. The summed E-state index contributed by atoms with van der Waals surface area (Å²) in [5.41, 5.74) is 0. The summed E-state index contributed by atoms with van der Waals surface area (Å²) in [6.45, 7) is 4.17. The van der Waals surface area contributed by atoms with E-state index in [4.69, 9.17) is 10.4 Å². The molecule has 0 heterocycles. The van der Waals surface area contributed by atoms with Gasteiger partial charge in [-0.1, -0.05) is 109 Å². The summed E-state index contributed by atoms with van der Waals surface area (Å²) >= 11 is 0. The Balaban J connectivity index is 3.25. The van der Waals surface area contributed by atoms with Crippen molar-refractivity contribution in [2.24, 2.45) is 5.92 Å². The van der Waals surface area contributed by atoms with E-state index in [-0.39, 0.29) is 12.5 Å². The molecule has 2 N–H and O–H groups in total. The second kappa shape index (κ2) is 16.3. The molecule has 0 saturated carbocycles. The third-order valence-corrected chi connectivity index (χ3v) is 5.04. The number of nitrogens with zero attached hydrogens (tertiary/aromatic N) is 1. The molecule has 0 aliphatic rings. The molecule has 0 fully saturated rings. The number of quaternary nitrogens is 1. The Bertz CT molecular complexity index is 254. The van der Waals surface area contributed by atoms with Gasteiger partial charge in [-0.3, -0.25) is 0 Å². The average Bonchev–Trinajstić information content (AvgIpc) is 2.53. The Labute approximate surface area is 150 Å². The van der Waals surface area contributed by atoms with E-state index in [2.05, 4.69) is 6.92 Å². The molecule has 0 aromatic rings. The maximum absolute atomic E-state index is 10.9. The highest BCUT2D eigenvalue weighted by molar-refractivity contribution is 4.57. The van der Waals surface area contributed by atoms with Gasteiger partial charge >= 0.3 is 0 Å². The summed E-state index contributed by atoms with van der Waals surface area (Å²) in [4.78, 5) is -2.13. The van der Waals surface area contributed by atoms with Crippen LogP contribution in [0.15, 0.2) is 0 Å². The summed E-state index contributed by atoms with van der Waals surface area (Å²) in [5, 5.41) is 28.6. The fourth-order valence-electron chi connectivity index (χ4n) is 3.39. The van der Waals surface area contributed by atoms with Crippen molar-refractivity contribution in [1.29, 1.82) is 0 Å². The zero-order valence-electron chi connectivity index (χ0n) is 16.3. The van der Waals surface area contributed by atoms with Crippen LogP contribution < -0.4 is 0 Å². The van der Waals surface area contributed by atoms with E-state index in [1.54, 1.807) is 0 Å². The normalized spacial score (nSPS) is 13.4. The van der Waals surface area contributed by atoms with Crippen molar-refractivity contribution in [1.82, 2.24) is 0 Å². The molecular weight excluding hydrogens is 302 g/mol. The van der Waals surface area contributed by atoms with Crippen LogP contribution in [0.5, 0.6) is 0 Å². The SMILES string of the molecule is CCCCCCCCCCCCCCCCC(CC)C[N+]([O-])(O)O. The van der Waals surface area contributed by atoms with Crippen molar-refractivity contribution in [2.45, 2.75) is 117 Å². The number of rotatable bonds is 18. The number of unbranched alkanes of at least 4 members (excludes halogenated alkanes) is 13. The van der Waals surface area contributed by atoms with Crippen LogP contribution in [0.2, 0.25) is 0 Å². The molecule has 0 bridgehead atoms. The van der Waals surface area contributed by atoms with E-state index in [1.807, 2.05) is 6.92 Å². The maximum Gasteiger partial charge on any atom is 0.144 e. The first kappa shape index (κ1) is 23.8. The van der Waals surface area contributed by atoms with Gasteiger partial charge in [-0.15, -0.1) is 0 Å². The van der Waals surface area contributed by atoms with Gasteiger partial charge in [0.05, 0.1) is 0 Å². The summed E-state index contributed by atoms with van der Waals surface area (Å²) in [6, 6.07) is 0. The van der Waals surface area contributed by atoms with Gasteiger partial charge in [0.1, 0.15) is 6.54 Å². The largest absolute Gasteiger partial charge is 0.564 e. The topological polar surface area (TPSA) is 63.5 Å². The third kappa shape index (κ3) is 18.2. The third-order valence-electron chi connectivity index (χ3n) is 5.04. The molecule has 0 aliphatic heterocycles. The van der Waals surface area contributed by atoms with Crippen molar-refractivity contribution in [3.05, 3.63) is 5.21 Å². The van der Waals surface area contributed by atoms with Crippen molar-refractivity contribution in [3.8, 4) is 0 Å². The summed E-state index contributed by atoms with van der Waals surface area (Å²) in [6.07, 6.45) is 20.6. The minimum atomic E-state index is -2.13.